The quantitative estimate of drug-likeness (QED) is 0.657. The molecule has 0 saturated heterocycles. The Bertz CT molecular complexity index is 690. The van der Waals surface area contributed by atoms with Gasteiger partial charge in [-0.05, 0) is 34.1 Å². The molecule has 5 nitrogen and oxygen atoms in total. The fourth-order valence-electron chi connectivity index (χ4n) is 1.61. The van der Waals surface area contributed by atoms with E-state index >= 15 is 0 Å². The molecule has 0 fully saturated rings. The second-order valence-electron chi connectivity index (χ2n) is 3.75. The van der Waals surface area contributed by atoms with Crippen molar-refractivity contribution >= 4 is 39.3 Å². The molecule has 0 unspecified atom stereocenters. The maximum Gasteiger partial charge on any atom is 0.338 e. The van der Waals surface area contributed by atoms with Crippen molar-refractivity contribution in [1.82, 2.24) is 0 Å². The zero-order chi connectivity index (χ0) is 14.7. The topological polar surface area (TPSA) is 80.4 Å². The molecule has 0 aliphatic heterocycles. The van der Waals surface area contributed by atoms with Crippen molar-refractivity contribution < 1.29 is 14.8 Å². The number of hydrogen-bond acceptors (Lipinski definition) is 4. The summed E-state index contributed by atoms with van der Waals surface area (Å²) >= 11 is 4.24. The van der Waals surface area contributed by atoms with Crippen molar-refractivity contribution in [3.05, 3.63) is 62.6 Å². The summed E-state index contributed by atoms with van der Waals surface area (Å²) in [4.78, 5) is 22.6. The molecular weight excluding hydrogens is 346 g/mol. The standard InChI is InChI=1S/C13H8BrNO4S/c14-8-4-3-7-11(12(8)13(16)17)20-10-6-2-1-5-9(10)15(18)19/h1-7H,(H,16,17). The molecule has 0 spiro atoms. The lowest BCUT2D eigenvalue weighted by atomic mass is 10.2. The van der Waals surface area contributed by atoms with Gasteiger partial charge in [0.2, 0.25) is 0 Å². The van der Waals surface area contributed by atoms with E-state index in [0.717, 1.165) is 11.8 Å². The average molecular weight is 354 g/mol. The van der Waals surface area contributed by atoms with Gasteiger partial charge in [0.1, 0.15) is 0 Å². The van der Waals surface area contributed by atoms with Crippen LogP contribution in [-0.2, 0) is 0 Å². The molecule has 0 radical (unpaired) electrons. The number of nitro benzene ring substituents is 1. The van der Waals surface area contributed by atoms with E-state index in [0.29, 0.717) is 14.3 Å². The van der Waals surface area contributed by atoms with E-state index in [9.17, 15) is 20.0 Å². The Morgan fingerprint density at radius 1 is 1.15 bits per heavy atom. The summed E-state index contributed by atoms with van der Waals surface area (Å²) in [6, 6.07) is 11.2. The van der Waals surface area contributed by atoms with Gasteiger partial charge in [-0.15, -0.1) is 0 Å². The van der Waals surface area contributed by atoms with E-state index in [1.54, 1.807) is 36.4 Å². The smallest absolute Gasteiger partial charge is 0.338 e. The molecular formula is C13H8BrNO4S. The van der Waals surface area contributed by atoms with E-state index in [4.69, 9.17) is 0 Å². The monoisotopic (exact) mass is 353 g/mol. The van der Waals surface area contributed by atoms with Gasteiger partial charge in [0, 0.05) is 15.4 Å². The number of benzene rings is 2. The van der Waals surface area contributed by atoms with E-state index in [1.807, 2.05) is 0 Å². The Kier molecular flexibility index (Phi) is 4.41. The molecule has 0 aliphatic rings. The van der Waals surface area contributed by atoms with Crippen LogP contribution in [0.2, 0.25) is 0 Å². The fraction of sp³-hybridized carbons (Fsp3) is 0. The van der Waals surface area contributed by atoms with Crippen molar-refractivity contribution in [2.24, 2.45) is 0 Å². The number of para-hydroxylation sites is 1. The number of aromatic carboxylic acids is 1. The summed E-state index contributed by atoms with van der Waals surface area (Å²) in [6.07, 6.45) is 0. The molecule has 0 heterocycles. The van der Waals surface area contributed by atoms with Crippen LogP contribution in [0.5, 0.6) is 0 Å². The number of nitro groups is 1. The first-order chi connectivity index (χ1) is 9.50. The molecule has 7 heteroatoms. The van der Waals surface area contributed by atoms with Crippen LogP contribution in [0.25, 0.3) is 0 Å². The number of halogens is 1. The molecule has 2 rings (SSSR count). The largest absolute Gasteiger partial charge is 0.478 e. The van der Waals surface area contributed by atoms with E-state index in [-0.39, 0.29) is 11.3 Å². The van der Waals surface area contributed by atoms with Crippen molar-refractivity contribution in [2.45, 2.75) is 9.79 Å². The van der Waals surface area contributed by atoms with Crippen LogP contribution in [0, 0.1) is 10.1 Å². The lowest BCUT2D eigenvalue weighted by molar-refractivity contribution is -0.387. The lowest BCUT2D eigenvalue weighted by Gasteiger charge is -2.07. The van der Waals surface area contributed by atoms with Crippen molar-refractivity contribution in [3.63, 3.8) is 0 Å². The minimum Gasteiger partial charge on any atom is -0.478 e. The van der Waals surface area contributed by atoms with Gasteiger partial charge >= 0.3 is 5.97 Å². The molecule has 20 heavy (non-hydrogen) atoms. The molecule has 1 N–H and O–H groups in total. The van der Waals surface area contributed by atoms with Crippen LogP contribution in [0.4, 0.5) is 5.69 Å². The predicted molar refractivity (Wildman–Crippen MR) is 78.3 cm³/mol. The van der Waals surface area contributed by atoms with Gasteiger partial charge in [0.15, 0.2) is 0 Å². The van der Waals surface area contributed by atoms with Gasteiger partial charge in [-0.3, -0.25) is 10.1 Å². The average Bonchev–Trinajstić information content (AvgIpc) is 2.38. The summed E-state index contributed by atoms with van der Waals surface area (Å²) < 4.78 is 0.439. The van der Waals surface area contributed by atoms with Gasteiger partial charge in [-0.25, -0.2) is 4.79 Å². The molecule has 102 valence electrons. The Morgan fingerprint density at radius 3 is 2.45 bits per heavy atom. The van der Waals surface area contributed by atoms with Crippen molar-refractivity contribution in [3.8, 4) is 0 Å². The van der Waals surface area contributed by atoms with Crippen molar-refractivity contribution in [1.29, 1.82) is 0 Å². The number of nitrogens with zero attached hydrogens (tertiary/aromatic N) is 1. The molecule has 0 saturated carbocycles. The van der Waals surface area contributed by atoms with E-state index < -0.39 is 10.9 Å². The third-order valence-corrected chi connectivity index (χ3v) is 4.26. The highest BCUT2D eigenvalue weighted by molar-refractivity contribution is 9.10. The van der Waals surface area contributed by atoms with Gasteiger partial charge < -0.3 is 5.11 Å². The second-order valence-corrected chi connectivity index (χ2v) is 5.68. The molecule has 2 aromatic carbocycles. The number of hydrogen-bond donors (Lipinski definition) is 1. The Labute approximate surface area is 126 Å². The number of carboxylic acid groups (broad SMARTS) is 1. The molecule has 0 aromatic heterocycles. The SMILES string of the molecule is O=C(O)c1c(Br)cccc1Sc1ccccc1[N+](=O)[O-]. The van der Waals surface area contributed by atoms with E-state index in [2.05, 4.69) is 15.9 Å². The highest BCUT2D eigenvalue weighted by Crippen LogP contribution is 2.38. The maximum atomic E-state index is 11.3. The lowest BCUT2D eigenvalue weighted by Crippen LogP contribution is -2.00. The van der Waals surface area contributed by atoms with Crippen LogP contribution in [0.3, 0.4) is 0 Å². The van der Waals surface area contributed by atoms with Gasteiger partial charge in [0.05, 0.1) is 15.4 Å². The number of carbonyl (C=O) groups is 1. The summed E-state index contributed by atoms with van der Waals surface area (Å²) in [7, 11) is 0. The first-order valence-corrected chi connectivity index (χ1v) is 7.04. The molecule has 0 bridgehead atoms. The van der Waals surface area contributed by atoms with Crippen LogP contribution >= 0.6 is 27.7 Å². The summed E-state index contributed by atoms with van der Waals surface area (Å²) in [5.41, 5.74) is 0.0458. The highest BCUT2D eigenvalue weighted by atomic mass is 79.9. The molecule has 0 atom stereocenters. The molecule has 2 aromatic rings. The second kappa shape index (κ2) is 6.06. The number of rotatable bonds is 4. The predicted octanol–water partition coefficient (Wildman–Crippen LogP) is 4.21. The fourth-order valence-corrected chi connectivity index (χ4v) is 3.35. The summed E-state index contributed by atoms with van der Waals surface area (Å²) in [5, 5.41) is 20.2. The maximum absolute atomic E-state index is 11.3. The van der Waals surface area contributed by atoms with Gasteiger partial charge in [-0.1, -0.05) is 30.0 Å². The minimum atomic E-state index is -1.08. The first kappa shape index (κ1) is 14.5. The van der Waals surface area contributed by atoms with Gasteiger partial charge in [-0.2, -0.15) is 0 Å². The number of carboxylic acids is 1. The third kappa shape index (κ3) is 3.00. The van der Waals surface area contributed by atoms with Gasteiger partial charge in [0.25, 0.3) is 5.69 Å². The Hall–Kier alpha value is -1.86. The van der Waals surface area contributed by atoms with Crippen LogP contribution in [-0.4, -0.2) is 16.0 Å². The van der Waals surface area contributed by atoms with Crippen LogP contribution in [0.15, 0.2) is 56.7 Å². The first-order valence-electron chi connectivity index (χ1n) is 5.44. The Balaban J connectivity index is 2.49. The third-order valence-electron chi connectivity index (χ3n) is 2.47. The molecule has 0 amide bonds. The minimum absolute atomic E-state index is 0.0474. The summed E-state index contributed by atoms with van der Waals surface area (Å²) in [6.45, 7) is 0. The zero-order valence-corrected chi connectivity index (χ0v) is 12.3. The molecule has 0 aliphatic carbocycles. The summed E-state index contributed by atoms with van der Waals surface area (Å²) in [5.74, 6) is -1.08. The van der Waals surface area contributed by atoms with Crippen molar-refractivity contribution in [2.75, 3.05) is 0 Å². The zero-order valence-electron chi connectivity index (χ0n) is 9.95. The Morgan fingerprint density at radius 2 is 1.80 bits per heavy atom. The van der Waals surface area contributed by atoms with Crippen LogP contribution in [0.1, 0.15) is 10.4 Å². The van der Waals surface area contributed by atoms with E-state index in [1.165, 1.54) is 6.07 Å². The normalized spacial score (nSPS) is 10.2. The highest BCUT2D eigenvalue weighted by Gasteiger charge is 2.19. The van der Waals surface area contributed by atoms with Crippen LogP contribution < -0.4 is 0 Å².